The van der Waals surface area contributed by atoms with Gasteiger partial charge in [-0.1, -0.05) is 25.1 Å². The Balaban J connectivity index is 1.73. The normalized spacial score (nSPS) is 25.8. The Labute approximate surface area is 130 Å². The molecule has 21 heavy (non-hydrogen) atoms. The molecule has 0 aliphatic heterocycles. The van der Waals surface area contributed by atoms with Crippen molar-refractivity contribution in [2.75, 3.05) is 6.54 Å². The minimum Gasteiger partial charge on any atom is -0.350 e. The summed E-state index contributed by atoms with van der Waals surface area (Å²) in [6.07, 6.45) is 4.21. The topological polar surface area (TPSA) is 51.6 Å². The average molecular weight is 299 g/mol. The van der Waals surface area contributed by atoms with Gasteiger partial charge in [-0.25, -0.2) is 0 Å². The number of H-pyrrole nitrogens is 1. The van der Waals surface area contributed by atoms with Crippen LogP contribution >= 0.6 is 11.8 Å². The van der Waals surface area contributed by atoms with E-state index >= 15 is 0 Å². The van der Waals surface area contributed by atoms with Gasteiger partial charge in [-0.2, -0.15) is 5.26 Å². The molecule has 3 nitrogen and oxygen atoms in total. The number of hydrogen-bond acceptors (Lipinski definition) is 3. The zero-order valence-corrected chi connectivity index (χ0v) is 13.2. The van der Waals surface area contributed by atoms with Gasteiger partial charge in [0.1, 0.15) is 5.54 Å². The maximum Gasteiger partial charge on any atom is 0.107 e. The first-order valence-corrected chi connectivity index (χ1v) is 8.53. The molecule has 1 fully saturated rings. The molecule has 110 valence electrons. The van der Waals surface area contributed by atoms with Gasteiger partial charge in [-0.05, 0) is 44.4 Å². The minimum absolute atomic E-state index is 0.323. The summed E-state index contributed by atoms with van der Waals surface area (Å²) in [6, 6.07) is 13.1. The summed E-state index contributed by atoms with van der Waals surface area (Å²) in [7, 11) is 0. The van der Waals surface area contributed by atoms with Gasteiger partial charge < -0.3 is 4.98 Å². The van der Waals surface area contributed by atoms with Crippen LogP contribution in [-0.4, -0.2) is 22.3 Å². The summed E-state index contributed by atoms with van der Waals surface area (Å²) in [5.74, 6) is 0. The Hall–Kier alpha value is -1.44. The molecule has 1 saturated carbocycles. The lowest BCUT2D eigenvalue weighted by atomic mass is 9.82. The number of hydrogen-bond donors (Lipinski definition) is 2. The third-order valence-electron chi connectivity index (χ3n) is 4.23. The summed E-state index contributed by atoms with van der Waals surface area (Å²) >= 11 is 1.89. The summed E-state index contributed by atoms with van der Waals surface area (Å²) in [6.45, 7) is 2.94. The number of aromatic nitrogens is 1. The second-order valence-corrected chi connectivity index (χ2v) is 7.12. The molecule has 1 heterocycles. The smallest absolute Gasteiger partial charge is 0.107 e. The summed E-state index contributed by atoms with van der Waals surface area (Å²) in [5.41, 5.74) is 0.866. The van der Waals surface area contributed by atoms with E-state index in [2.05, 4.69) is 53.6 Å². The second kappa shape index (κ2) is 6.13. The van der Waals surface area contributed by atoms with Gasteiger partial charge in [0.15, 0.2) is 0 Å². The van der Waals surface area contributed by atoms with E-state index in [0.717, 1.165) is 25.8 Å². The van der Waals surface area contributed by atoms with Crippen molar-refractivity contribution in [1.82, 2.24) is 10.3 Å². The van der Waals surface area contributed by atoms with Crippen molar-refractivity contribution in [1.29, 1.82) is 5.26 Å². The van der Waals surface area contributed by atoms with Crippen molar-refractivity contribution in [3.05, 3.63) is 30.3 Å². The van der Waals surface area contributed by atoms with E-state index in [1.54, 1.807) is 0 Å². The number of nitrogens with zero attached hydrogens (tertiary/aromatic N) is 1. The van der Waals surface area contributed by atoms with Gasteiger partial charge in [0.05, 0.1) is 11.1 Å². The molecule has 2 atom stereocenters. The summed E-state index contributed by atoms with van der Waals surface area (Å²) < 4.78 is 0. The predicted octanol–water partition coefficient (Wildman–Crippen LogP) is 4.07. The van der Waals surface area contributed by atoms with Gasteiger partial charge in [-0.15, -0.1) is 11.8 Å². The van der Waals surface area contributed by atoms with Gasteiger partial charge in [0.25, 0.3) is 0 Å². The summed E-state index contributed by atoms with van der Waals surface area (Å²) in [4.78, 5) is 3.48. The number of rotatable bonds is 4. The number of para-hydroxylation sites is 1. The Morgan fingerprint density at radius 1 is 1.48 bits per heavy atom. The molecule has 2 unspecified atom stereocenters. The molecule has 1 aliphatic carbocycles. The van der Waals surface area contributed by atoms with Crippen molar-refractivity contribution < 1.29 is 0 Å². The number of thioether (sulfide) groups is 1. The van der Waals surface area contributed by atoms with Gasteiger partial charge in [-0.3, -0.25) is 5.32 Å². The maximum absolute atomic E-state index is 9.54. The fourth-order valence-corrected chi connectivity index (χ4v) is 4.63. The molecule has 1 aliphatic rings. The molecule has 2 aromatic rings. The Bertz CT molecular complexity index is 620. The van der Waals surface area contributed by atoms with Crippen molar-refractivity contribution in [2.45, 2.75) is 48.4 Å². The Morgan fingerprint density at radius 2 is 2.33 bits per heavy atom. The molecule has 0 amide bonds. The third kappa shape index (κ3) is 3.09. The predicted molar refractivity (Wildman–Crippen MR) is 88.4 cm³/mol. The molecule has 3 rings (SSSR count). The molecule has 4 heteroatoms. The SMILES string of the molecule is CCNC1(C#N)CCCC(Sc2cc3ccccc3[nH]2)C1. The quantitative estimate of drug-likeness (QED) is 0.894. The van der Waals surface area contributed by atoms with E-state index in [9.17, 15) is 5.26 Å². The molecular formula is C17H21N3S. The molecule has 0 bridgehead atoms. The fourth-order valence-electron chi connectivity index (χ4n) is 3.25. The molecule has 2 N–H and O–H groups in total. The van der Waals surface area contributed by atoms with Crippen molar-refractivity contribution in [3.8, 4) is 6.07 Å². The van der Waals surface area contributed by atoms with Crippen LogP contribution < -0.4 is 5.32 Å². The summed E-state index contributed by atoms with van der Waals surface area (Å²) in [5, 5.41) is 15.9. The first-order chi connectivity index (χ1) is 10.2. The zero-order chi connectivity index (χ0) is 14.7. The standard InChI is InChI=1S/C17H21N3S/c1-2-19-17(12-18)9-5-7-14(11-17)21-16-10-13-6-3-4-8-15(13)20-16/h3-4,6,8,10,14,19-20H,2,5,7,9,11H2,1H3. The minimum atomic E-state index is -0.323. The lowest BCUT2D eigenvalue weighted by Gasteiger charge is -2.35. The highest BCUT2D eigenvalue weighted by molar-refractivity contribution is 7.99. The lowest BCUT2D eigenvalue weighted by molar-refractivity contribution is 0.309. The van der Waals surface area contributed by atoms with Crippen LogP contribution in [0, 0.1) is 11.3 Å². The van der Waals surface area contributed by atoms with Crippen LogP contribution in [0.2, 0.25) is 0 Å². The maximum atomic E-state index is 9.54. The molecule has 0 radical (unpaired) electrons. The van der Waals surface area contributed by atoms with E-state index in [1.165, 1.54) is 22.3 Å². The van der Waals surface area contributed by atoms with E-state index in [0.29, 0.717) is 5.25 Å². The highest BCUT2D eigenvalue weighted by atomic mass is 32.2. The molecule has 1 aromatic heterocycles. The van der Waals surface area contributed by atoms with Crippen LogP contribution in [0.5, 0.6) is 0 Å². The Kier molecular flexibility index (Phi) is 4.23. The average Bonchev–Trinajstić information content (AvgIpc) is 2.90. The van der Waals surface area contributed by atoms with E-state index < -0.39 is 0 Å². The second-order valence-electron chi connectivity index (χ2n) is 5.78. The number of nitriles is 1. The van der Waals surface area contributed by atoms with Crippen LogP contribution in [0.15, 0.2) is 35.4 Å². The van der Waals surface area contributed by atoms with Crippen LogP contribution in [0.1, 0.15) is 32.6 Å². The number of aromatic amines is 1. The zero-order valence-electron chi connectivity index (χ0n) is 12.4. The van der Waals surface area contributed by atoms with Crippen LogP contribution in [-0.2, 0) is 0 Å². The fraction of sp³-hybridized carbons (Fsp3) is 0.471. The van der Waals surface area contributed by atoms with Crippen molar-refractivity contribution >= 4 is 22.7 Å². The number of nitrogens with one attached hydrogen (secondary N) is 2. The third-order valence-corrected chi connectivity index (χ3v) is 5.44. The first kappa shape index (κ1) is 14.5. The van der Waals surface area contributed by atoms with Crippen LogP contribution in [0.25, 0.3) is 10.9 Å². The number of benzene rings is 1. The monoisotopic (exact) mass is 299 g/mol. The van der Waals surface area contributed by atoms with Gasteiger partial charge in [0.2, 0.25) is 0 Å². The van der Waals surface area contributed by atoms with Gasteiger partial charge >= 0.3 is 0 Å². The van der Waals surface area contributed by atoms with E-state index in [1.807, 2.05) is 11.8 Å². The largest absolute Gasteiger partial charge is 0.350 e. The number of fused-ring (bicyclic) bond motifs is 1. The molecule has 0 spiro atoms. The molecular weight excluding hydrogens is 278 g/mol. The van der Waals surface area contributed by atoms with Crippen LogP contribution in [0.4, 0.5) is 0 Å². The van der Waals surface area contributed by atoms with E-state index in [-0.39, 0.29) is 5.54 Å². The van der Waals surface area contributed by atoms with Crippen molar-refractivity contribution in [3.63, 3.8) is 0 Å². The molecule has 1 aromatic carbocycles. The van der Waals surface area contributed by atoms with Crippen LogP contribution in [0.3, 0.4) is 0 Å². The highest BCUT2D eigenvalue weighted by Gasteiger charge is 2.36. The molecule has 0 saturated heterocycles. The highest BCUT2D eigenvalue weighted by Crippen LogP contribution is 2.38. The van der Waals surface area contributed by atoms with Gasteiger partial charge in [0, 0.05) is 16.2 Å². The van der Waals surface area contributed by atoms with E-state index in [4.69, 9.17) is 0 Å². The first-order valence-electron chi connectivity index (χ1n) is 7.65. The van der Waals surface area contributed by atoms with Crippen molar-refractivity contribution in [2.24, 2.45) is 0 Å². The Morgan fingerprint density at radius 3 is 3.10 bits per heavy atom. The lowest BCUT2D eigenvalue weighted by Crippen LogP contribution is -2.48.